The summed E-state index contributed by atoms with van der Waals surface area (Å²) in [5, 5.41) is 3.35. The molecule has 1 aromatic carbocycles. The van der Waals surface area contributed by atoms with Gasteiger partial charge in [-0.1, -0.05) is 18.6 Å². The minimum Gasteiger partial charge on any atom is -0.330 e. The normalized spacial score (nSPS) is 21.8. The Morgan fingerprint density at radius 1 is 1.33 bits per heavy atom. The lowest BCUT2D eigenvalue weighted by molar-refractivity contribution is 0.0976. The minimum atomic E-state index is 0.362. The van der Waals surface area contributed by atoms with Crippen LogP contribution in [0, 0.1) is 0 Å². The molecular weight excluding hydrogens is 260 g/mol. The maximum atomic E-state index is 4.88. The average Bonchev–Trinajstić information content (AvgIpc) is 2.85. The van der Waals surface area contributed by atoms with Gasteiger partial charge in [0.05, 0.1) is 17.1 Å². The van der Waals surface area contributed by atoms with Crippen molar-refractivity contribution in [2.45, 2.75) is 38.3 Å². The van der Waals surface area contributed by atoms with Crippen molar-refractivity contribution >= 4 is 11.0 Å². The number of nitrogens with one attached hydrogen (secondary N) is 1. The Labute approximate surface area is 127 Å². The van der Waals surface area contributed by atoms with E-state index in [1.54, 1.807) is 0 Å². The third-order valence-corrected chi connectivity index (χ3v) is 4.81. The fourth-order valence-electron chi connectivity index (χ4n) is 3.67. The van der Waals surface area contributed by atoms with Gasteiger partial charge in [0.25, 0.3) is 0 Å². The van der Waals surface area contributed by atoms with Crippen molar-refractivity contribution in [3.05, 3.63) is 30.1 Å². The zero-order chi connectivity index (χ0) is 14.8. The first-order valence-corrected chi connectivity index (χ1v) is 8.04. The lowest BCUT2D eigenvalue weighted by atomic mass is 9.99. The number of piperidine rings is 1. The van der Waals surface area contributed by atoms with Crippen LogP contribution in [0.3, 0.4) is 0 Å². The number of nitrogens with zero attached hydrogens (tertiary/aromatic N) is 3. The standard InChI is InChI=1S/C17H26N4/c1-13(21-11-7-6-8-14(21)12-18-2)17-19-15-9-4-5-10-16(15)20(17)3/h4-5,9-10,13-14,18H,6-8,11-12H2,1-3H3. The molecule has 1 fully saturated rings. The summed E-state index contributed by atoms with van der Waals surface area (Å²) in [5.74, 6) is 1.18. The highest BCUT2D eigenvalue weighted by Gasteiger charge is 2.29. The number of likely N-dealkylation sites (N-methyl/N-ethyl adjacent to an activating group) is 1. The van der Waals surface area contributed by atoms with Gasteiger partial charge in [-0.3, -0.25) is 4.90 Å². The number of benzene rings is 1. The molecule has 0 radical (unpaired) electrons. The van der Waals surface area contributed by atoms with Gasteiger partial charge in [-0.15, -0.1) is 0 Å². The first kappa shape index (κ1) is 14.5. The number of imidazole rings is 1. The molecule has 0 saturated carbocycles. The van der Waals surface area contributed by atoms with Gasteiger partial charge in [0, 0.05) is 19.6 Å². The lowest BCUT2D eigenvalue weighted by Crippen LogP contribution is -2.46. The summed E-state index contributed by atoms with van der Waals surface area (Å²) in [6, 6.07) is 9.39. The van der Waals surface area contributed by atoms with Crippen LogP contribution < -0.4 is 5.32 Å². The largest absolute Gasteiger partial charge is 0.330 e. The van der Waals surface area contributed by atoms with Crippen molar-refractivity contribution in [3.63, 3.8) is 0 Å². The van der Waals surface area contributed by atoms with E-state index in [1.807, 2.05) is 7.05 Å². The van der Waals surface area contributed by atoms with Gasteiger partial charge in [0.2, 0.25) is 0 Å². The first-order chi connectivity index (χ1) is 10.2. The van der Waals surface area contributed by atoms with E-state index >= 15 is 0 Å². The van der Waals surface area contributed by atoms with E-state index in [1.165, 1.54) is 37.1 Å². The number of hydrogen-bond acceptors (Lipinski definition) is 3. The van der Waals surface area contributed by atoms with Gasteiger partial charge in [-0.05, 0) is 45.5 Å². The van der Waals surface area contributed by atoms with Gasteiger partial charge in [0.15, 0.2) is 0 Å². The number of aromatic nitrogens is 2. The topological polar surface area (TPSA) is 33.1 Å². The number of hydrogen-bond donors (Lipinski definition) is 1. The number of likely N-dealkylation sites (tertiary alicyclic amines) is 1. The summed E-state index contributed by atoms with van der Waals surface area (Å²) in [7, 11) is 4.19. The Hall–Kier alpha value is -1.39. The molecule has 114 valence electrons. The van der Waals surface area contributed by atoms with E-state index in [9.17, 15) is 0 Å². The van der Waals surface area contributed by atoms with Crippen LogP contribution in [0.5, 0.6) is 0 Å². The fourth-order valence-corrected chi connectivity index (χ4v) is 3.67. The highest BCUT2D eigenvalue weighted by molar-refractivity contribution is 5.75. The summed E-state index contributed by atoms with van der Waals surface area (Å²) in [5.41, 5.74) is 2.32. The summed E-state index contributed by atoms with van der Waals surface area (Å²) in [4.78, 5) is 7.51. The zero-order valence-electron chi connectivity index (χ0n) is 13.3. The average molecular weight is 286 g/mol. The van der Waals surface area contributed by atoms with Crippen LogP contribution in [0.1, 0.15) is 38.1 Å². The van der Waals surface area contributed by atoms with Gasteiger partial charge < -0.3 is 9.88 Å². The van der Waals surface area contributed by atoms with Crippen LogP contribution in [0.2, 0.25) is 0 Å². The fraction of sp³-hybridized carbons (Fsp3) is 0.588. The summed E-state index contributed by atoms with van der Waals surface area (Å²) < 4.78 is 2.26. The Bertz CT molecular complexity index is 602. The van der Waals surface area contributed by atoms with E-state index in [0.717, 1.165) is 12.1 Å². The Kier molecular flexibility index (Phi) is 4.27. The number of fused-ring (bicyclic) bond motifs is 1. The van der Waals surface area contributed by atoms with Crippen LogP contribution in [0.4, 0.5) is 0 Å². The molecule has 1 N–H and O–H groups in total. The second-order valence-electron chi connectivity index (χ2n) is 6.14. The molecule has 2 atom stereocenters. The number of aryl methyl sites for hydroxylation is 1. The highest BCUT2D eigenvalue weighted by Crippen LogP contribution is 2.29. The van der Waals surface area contributed by atoms with Crippen LogP contribution in [0.25, 0.3) is 11.0 Å². The van der Waals surface area contributed by atoms with Crippen LogP contribution >= 0.6 is 0 Å². The lowest BCUT2D eigenvalue weighted by Gasteiger charge is -2.39. The minimum absolute atomic E-state index is 0.362. The van der Waals surface area contributed by atoms with Gasteiger partial charge in [-0.25, -0.2) is 4.98 Å². The summed E-state index contributed by atoms with van der Waals surface area (Å²) in [6.07, 6.45) is 3.93. The second kappa shape index (κ2) is 6.16. The number of rotatable bonds is 4. The van der Waals surface area contributed by atoms with E-state index < -0.39 is 0 Å². The SMILES string of the molecule is CNCC1CCCCN1C(C)c1nc2ccccc2n1C. The molecule has 1 aliphatic rings. The maximum Gasteiger partial charge on any atom is 0.126 e. The third-order valence-electron chi connectivity index (χ3n) is 4.81. The van der Waals surface area contributed by atoms with Crippen molar-refractivity contribution in [1.29, 1.82) is 0 Å². The van der Waals surface area contributed by atoms with Crippen LogP contribution in [-0.2, 0) is 7.05 Å². The van der Waals surface area contributed by atoms with Crippen LogP contribution in [0.15, 0.2) is 24.3 Å². The molecule has 0 amide bonds. The summed E-state index contributed by atoms with van der Waals surface area (Å²) in [6.45, 7) is 4.54. The molecule has 2 unspecified atom stereocenters. The monoisotopic (exact) mass is 286 g/mol. The molecule has 2 heterocycles. The van der Waals surface area contributed by atoms with Gasteiger partial charge in [0.1, 0.15) is 5.82 Å². The smallest absolute Gasteiger partial charge is 0.126 e. The highest BCUT2D eigenvalue weighted by atomic mass is 15.2. The van der Waals surface area contributed by atoms with Crippen molar-refractivity contribution in [2.75, 3.05) is 20.1 Å². The molecule has 4 nitrogen and oxygen atoms in total. The first-order valence-electron chi connectivity index (χ1n) is 8.04. The number of para-hydroxylation sites is 2. The van der Waals surface area contributed by atoms with Gasteiger partial charge in [-0.2, -0.15) is 0 Å². The van der Waals surface area contributed by atoms with Crippen molar-refractivity contribution in [3.8, 4) is 0 Å². The second-order valence-corrected chi connectivity index (χ2v) is 6.14. The molecule has 0 spiro atoms. The van der Waals surface area contributed by atoms with E-state index in [2.05, 4.69) is 53.0 Å². The van der Waals surface area contributed by atoms with E-state index in [-0.39, 0.29) is 0 Å². The van der Waals surface area contributed by atoms with Crippen molar-refractivity contribution in [2.24, 2.45) is 7.05 Å². The van der Waals surface area contributed by atoms with Crippen LogP contribution in [-0.4, -0.2) is 40.6 Å². The molecule has 4 heteroatoms. The molecule has 1 saturated heterocycles. The predicted molar refractivity (Wildman–Crippen MR) is 87.4 cm³/mol. The van der Waals surface area contributed by atoms with Crippen molar-refractivity contribution in [1.82, 2.24) is 19.8 Å². The predicted octanol–water partition coefficient (Wildman–Crippen LogP) is 2.71. The Balaban J connectivity index is 1.91. The van der Waals surface area contributed by atoms with E-state index in [0.29, 0.717) is 12.1 Å². The Morgan fingerprint density at radius 2 is 2.14 bits per heavy atom. The quantitative estimate of drug-likeness (QED) is 0.938. The molecule has 1 aromatic heterocycles. The van der Waals surface area contributed by atoms with E-state index in [4.69, 9.17) is 4.98 Å². The molecular formula is C17H26N4. The molecule has 3 rings (SSSR count). The van der Waals surface area contributed by atoms with Gasteiger partial charge >= 0.3 is 0 Å². The Morgan fingerprint density at radius 3 is 2.90 bits per heavy atom. The maximum absolute atomic E-state index is 4.88. The molecule has 0 bridgehead atoms. The molecule has 1 aliphatic heterocycles. The summed E-state index contributed by atoms with van der Waals surface area (Å²) >= 11 is 0. The molecule has 2 aromatic rings. The zero-order valence-corrected chi connectivity index (χ0v) is 13.3. The third kappa shape index (κ3) is 2.70. The molecule has 21 heavy (non-hydrogen) atoms. The van der Waals surface area contributed by atoms with Crippen molar-refractivity contribution < 1.29 is 0 Å². The molecule has 0 aliphatic carbocycles.